The van der Waals surface area contributed by atoms with Crippen LogP contribution in [0.3, 0.4) is 0 Å². The molecule has 0 saturated carbocycles. The molecular weight excluding hydrogens is 266 g/mol. The van der Waals surface area contributed by atoms with E-state index in [1.165, 1.54) is 4.90 Å². The topological polar surface area (TPSA) is 32.1 Å². The van der Waals surface area contributed by atoms with E-state index in [9.17, 15) is 0 Å². The van der Waals surface area contributed by atoms with E-state index < -0.39 is 0 Å². The highest BCUT2D eigenvalue weighted by Gasteiger charge is 2.24. The van der Waals surface area contributed by atoms with E-state index in [1.807, 2.05) is 24.3 Å². The van der Waals surface area contributed by atoms with Gasteiger partial charge in [0.15, 0.2) is 0 Å². The van der Waals surface area contributed by atoms with Crippen molar-refractivity contribution in [3.63, 3.8) is 0 Å². The molecule has 2 rings (SSSR count). The summed E-state index contributed by atoms with van der Waals surface area (Å²) >= 11 is 0. The number of hydrogen-bond acceptors (Lipinski definition) is 3. The second kappa shape index (κ2) is 7.92. The van der Waals surface area contributed by atoms with Gasteiger partial charge in [-0.25, -0.2) is 0 Å². The number of benzene rings is 1. The molecule has 2 atom stereocenters. The maximum Gasteiger partial charge on any atom is 0.149 e. The van der Waals surface area contributed by atoms with E-state index in [0.29, 0.717) is 18.8 Å². The monoisotopic (exact) mass is 290 g/mol. The first-order valence-electron chi connectivity index (χ1n) is 7.39. The maximum atomic E-state index is 5.72. The summed E-state index contributed by atoms with van der Waals surface area (Å²) in [6.07, 6.45) is 0.641. The minimum Gasteiger partial charge on any atom is -0.497 e. The van der Waals surface area contributed by atoms with Crippen LogP contribution >= 0.6 is 0 Å². The Morgan fingerprint density at radius 3 is 2.33 bits per heavy atom. The molecule has 1 N–H and O–H groups in total. The van der Waals surface area contributed by atoms with E-state index in [0.717, 1.165) is 31.1 Å². The molecule has 1 aromatic carbocycles. The van der Waals surface area contributed by atoms with Crippen LogP contribution in [0.2, 0.25) is 0 Å². The van der Waals surface area contributed by atoms with Crippen LogP contribution in [0.25, 0.3) is 0 Å². The van der Waals surface area contributed by atoms with E-state index in [4.69, 9.17) is 14.2 Å². The van der Waals surface area contributed by atoms with E-state index >= 15 is 0 Å². The molecule has 114 valence electrons. The molecule has 4 nitrogen and oxygen atoms in total. The number of ether oxygens (including phenoxy) is 3. The number of quaternary nitrogens is 1. The highest BCUT2D eigenvalue weighted by atomic mass is 16.5. The van der Waals surface area contributed by atoms with Gasteiger partial charge in [0, 0.05) is 0 Å². The minimum absolute atomic E-state index is 0.320. The van der Waals surface area contributed by atoms with Gasteiger partial charge in [-0.3, -0.25) is 0 Å². The molecule has 1 fully saturated rings. The fraction of sp³-hybridized carbons (Fsp3) is 0.529. The number of nitrogens with one attached hydrogen (secondary N) is 1. The third kappa shape index (κ3) is 5.30. The molecule has 1 heterocycles. The minimum atomic E-state index is 0.320. The molecule has 1 aliphatic heterocycles. The lowest BCUT2D eigenvalue weighted by Gasteiger charge is -2.31. The van der Waals surface area contributed by atoms with Gasteiger partial charge in [-0.1, -0.05) is 5.92 Å². The number of morpholine rings is 1. The highest BCUT2D eigenvalue weighted by Crippen LogP contribution is 2.16. The lowest BCUT2D eigenvalue weighted by Crippen LogP contribution is -3.15. The van der Waals surface area contributed by atoms with Gasteiger partial charge in [0.05, 0.1) is 7.11 Å². The quantitative estimate of drug-likeness (QED) is 0.831. The van der Waals surface area contributed by atoms with E-state index in [-0.39, 0.29) is 0 Å². The van der Waals surface area contributed by atoms with E-state index in [1.54, 1.807) is 7.11 Å². The third-order valence-corrected chi connectivity index (χ3v) is 3.45. The fourth-order valence-electron chi connectivity index (χ4n) is 2.56. The Kier molecular flexibility index (Phi) is 5.91. The van der Waals surface area contributed by atoms with Crippen LogP contribution in [-0.2, 0) is 4.74 Å². The van der Waals surface area contributed by atoms with Crippen molar-refractivity contribution in [2.45, 2.75) is 26.1 Å². The van der Waals surface area contributed by atoms with Crippen LogP contribution in [0.4, 0.5) is 0 Å². The molecule has 4 heteroatoms. The Labute approximate surface area is 127 Å². The van der Waals surface area contributed by atoms with Crippen molar-refractivity contribution in [3.8, 4) is 23.3 Å². The molecule has 1 aliphatic rings. The Hall–Kier alpha value is -1.70. The molecule has 1 saturated heterocycles. The van der Waals surface area contributed by atoms with Crippen LogP contribution in [0.1, 0.15) is 13.8 Å². The third-order valence-electron chi connectivity index (χ3n) is 3.45. The largest absolute Gasteiger partial charge is 0.497 e. The van der Waals surface area contributed by atoms with Crippen LogP contribution < -0.4 is 14.4 Å². The van der Waals surface area contributed by atoms with Gasteiger partial charge in [0.25, 0.3) is 0 Å². The zero-order chi connectivity index (χ0) is 15.1. The summed E-state index contributed by atoms with van der Waals surface area (Å²) in [6.45, 7) is 7.56. The van der Waals surface area contributed by atoms with Gasteiger partial charge in [0.1, 0.15) is 49.9 Å². The van der Waals surface area contributed by atoms with E-state index in [2.05, 4.69) is 25.7 Å². The summed E-state index contributed by atoms with van der Waals surface area (Å²) in [4.78, 5) is 1.48. The average Bonchev–Trinajstić information content (AvgIpc) is 2.46. The number of rotatable bonds is 4. The van der Waals surface area contributed by atoms with Crippen molar-refractivity contribution in [3.05, 3.63) is 24.3 Å². The van der Waals surface area contributed by atoms with Gasteiger partial charge >= 0.3 is 0 Å². The standard InChI is InChI=1S/C17H23NO3/c1-14-12-18(13-15(2)21-14)10-4-5-11-20-17-8-6-16(19-3)7-9-17/h6-9,14-15H,10-13H2,1-3H3/p+1/t14-,15-/m1/s1. The number of methoxy groups -OCH3 is 1. The van der Waals surface area contributed by atoms with Crippen LogP contribution in [0.15, 0.2) is 24.3 Å². The molecule has 0 unspecified atom stereocenters. The van der Waals surface area contributed by atoms with Gasteiger partial charge in [0.2, 0.25) is 0 Å². The summed E-state index contributed by atoms with van der Waals surface area (Å²) in [5.41, 5.74) is 0. The molecule has 0 spiro atoms. The molecule has 1 aromatic rings. The van der Waals surface area contributed by atoms with Crippen molar-refractivity contribution < 1.29 is 19.1 Å². The predicted molar refractivity (Wildman–Crippen MR) is 81.8 cm³/mol. The summed E-state index contributed by atoms with van der Waals surface area (Å²) in [6, 6.07) is 7.53. The van der Waals surface area contributed by atoms with Gasteiger partial charge in [-0.15, -0.1) is 0 Å². The lowest BCUT2D eigenvalue weighted by molar-refractivity contribution is -0.908. The first-order valence-corrected chi connectivity index (χ1v) is 7.39. The molecular formula is C17H24NO3+. The molecule has 0 radical (unpaired) electrons. The first-order chi connectivity index (χ1) is 10.2. The van der Waals surface area contributed by atoms with Crippen molar-refractivity contribution >= 4 is 0 Å². The normalized spacial score (nSPS) is 24.8. The van der Waals surface area contributed by atoms with Gasteiger partial charge in [-0.05, 0) is 44.0 Å². The Morgan fingerprint density at radius 2 is 1.71 bits per heavy atom. The van der Waals surface area contributed by atoms with Crippen molar-refractivity contribution in [1.82, 2.24) is 0 Å². The highest BCUT2D eigenvalue weighted by molar-refractivity contribution is 5.31. The van der Waals surface area contributed by atoms with Crippen molar-refractivity contribution in [2.24, 2.45) is 0 Å². The zero-order valence-corrected chi connectivity index (χ0v) is 13.0. The van der Waals surface area contributed by atoms with Gasteiger partial charge in [-0.2, -0.15) is 0 Å². The molecule has 0 amide bonds. The fourth-order valence-corrected chi connectivity index (χ4v) is 2.56. The predicted octanol–water partition coefficient (Wildman–Crippen LogP) is 0.770. The summed E-state index contributed by atoms with van der Waals surface area (Å²) < 4.78 is 16.4. The molecule has 0 aromatic heterocycles. The second-order valence-electron chi connectivity index (χ2n) is 5.41. The smallest absolute Gasteiger partial charge is 0.149 e. The Morgan fingerprint density at radius 1 is 1.10 bits per heavy atom. The first kappa shape index (κ1) is 15.7. The van der Waals surface area contributed by atoms with Crippen molar-refractivity contribution in [2.75, 3.05) is 33.4 Å². The number of hydrogen-bond donors (Lipinski definition) is 1. The average molecular weight is 290 g/mol. The lowest BCUT2D eigenvalue weighted by atomic mass is 10.2. The maximum absolute atomic E-state index is 5.72. The SMILES string of the molecule is COc1ccc(OCC#CC[NH+]2C[C@@H](C)O[C@H](C)C2)cc1. The zero-order valence-electron chi connectivity index (χ0n) is 13.0. The van der Waals surface area contributed by atoms with Crippen molar-refractivity contribution in [1.29, 1.82) is 0 Å². The Bertz CT molecular complexity index is 479. The van der Waals surface area contributed by atoms with Crippen LogP contribution in [-0.4, -0.2) is 45.6 Å². The second-order valence-corrected chi connectivity index (χ2v) is 5.41. The van der Waals surface area contributed by atoms with Crippen LogP contribution in [0, 0.1) is 11.8 Å². The van der Waals surface area contributed by atoms with Crippen LogP contribution in [0.5, 0.6) is 11.5 Å². The molecule has 0 aliphatic carbocycles. The summed E-state index contributed by atoms with van der Waals surface area (Å²) in [5, 5.41) is 0. The summed E-state index contributed by atoms with van der Waals surface area (Å²) in [5.74, 6) is 7.91. The Balaban J connectivity index is 1.71. The summed E-state index contributed by atoms with van der Waals surface area (Å²) in [7, 11) is 1.65. The van der Waals surface area contributed by atoms with Gasteiger partial charge < -0.3 is 19.1 Å². The molecule has 0 bridgehead atoms. The molecule has 21 heavy (non-hydrogen) atoms.